The van der Waals surface area contributed by atoms with Crippen LogP contribution in [-0.2, 0) is 0 Å². The van der Waals surface area contributed by atoms with E-state index in [1.807, 2.05) is 0 Å². The number of amides is 3. The molecule has 2 atom stereocenters. The van der Waals surface area contributed by atoms with Crippen molar-refractivity contribution < 1.29 is 23.9 Å². The Hall–Kier alpha value is -2.44. The number of hydrogen-bond donors (Lipinski definition) is 1. The van der Waals surface area contributed by atoms with E-state index in [0.29, 0.717) is 11.1 Å². The maximum absolute atomic E-state index is 13.4. The third kappa shape index (κ3) is 2.14. The molecule has 0 radical (unpaired) electrons. The second kappa shape index (κ2) is 4.83. The third-order valence-electron chi connectivity index (χ3n) is 3.88. The summed E-state index contributed by atoms with van der Waals surface area (Å²) >= 11 is 0. The van der Waals surface area contributed by atoms with Crippen LogP contribution in [0.5, 0.6) is 0 Å². The van der Waals surface area contributed by atoms with Crippen LogP contribution in [0.15, 0.2) is 24.3 Å². The molecule has 2 aliphatic rings. The van der Waals surface area contributed by atoms with Gasteiger partial charge in [0, 0.05) is 6.42 Å². The van der Waals surface area contributed by atoms with Crippen molar-refractivity contribution in [2.45, 2.75) is 18.6 Å². The Labute approximate surface area is 119 Å². The highest BCUT2D eigenvalue weighted by atomic mass is 19.1. The summed E-state index contributed by atoms with van der Waals surface area (Å²) in [5.74, 6) is -0.911. The quantitative estimate of drug-likeness (QED) is 0.835. The predicted molar refractivity (Wildman–Crippen MR) is 69.8 cm³/mol. The lowest BCUT2D eigenvalue weighted by atomic mass is 10.1. The van der Waals surface area contributed by atoms with Crippen LogP contribution >= 0.6 is 0 Å². The molecule has 2 heterocycles. The molecule has 0 spiro atoms. The summed E-state index contributed by atoms with van der Waals surface area (Å²) in [7, 11) is 0. The van der Waals surface area contributed by atoms with Gasteiger partial charge in [0.2, 0.25) is 0 Å². The van der Waals surface area contributed by atoms with Crippen molar-refractivity contribution in [3.8, 4) is 0 Å². The van der Waals surface area contributed by atoms with E-state index in [1.54, 1.807) is 24.3 Å². The molecular weight excluding hydrogens is 279 g/mol. The zero-order valence-electron chi connectivity index (χ0n) is 11.0. The van der Waals surface area contributed by atoms with Gasteiger partial charge in [0.25, 0.3) is 11.8 Å². The zero-order chi connectivity index (χ0) is 15.1. The molecule has 1 saturated heterocycles. The Balaban J connectivity index is 1.82. The highest BCUT2D eigenvalue weighted by Crippen LogP contribution is 2.27. The molecule has 21 heavy (non-hydrogen) atoms. The van der Waals surface area contributed by atoms with Crippen LogP contribution in [0.2, 0.25) is 0 Å². The lowest BCUT2D eigenvalue weighted by molar-refractivity contribution is 0.0603. The van der Waals surface area contributed by atoms with Gasteiger partial charge in [0.1, 0.15) is 6.17 Å². The molecule has 0 aromatic heterocycles. The summed E-state index contributed by atoms with van der Waals surface area (Å²) in [6, 6.07) is 5.72. The highest BCUT2D eigenvalue weighted by molar-refractivity contribution is 6.21. The van der Waals surface area contributed by atoms with E-state index < -0.39 is 30.1 Å². The summed E-state index contributed by atoms with van der Waals surface area (Å²) in [5.41, 5.74) is 0.610. The first-order valence-corrected chi connectivity index (χ1v) is 6.58. The van der Waals surface area contributed by atoms with Gasteiger partial charge in [-0.1, -0.05) is 12.1 Å². The fourth-order valence-corrected chi connectivity index (χ4v) is 2.88. The van der Waals surface area contributed by atoms with E-state index in [9.17, 15) is 18.8 Å². The monoisotopic (exact) mass is 292 g/mol. The van der Waals surface area contributed by atoms with Gasteiger partial charge < -0.3 is 10.0 Å². The van der Waals surface area contributed by atoms with Gasteiger partial charge in [-0.25, -0.2) is 9.18 Å². The summed E-state index contributed by atoms with van der Waals surface area (Å²) in [5, 5.41) is 9.05. The number of carbonyl (C=O) groups excluding carboxylic acids is 2. The predicted octanol–water partition coefficient (Wildman–Crippen LogP) is 1.37. The van der Waals surface area contributed by atoms with Crippen LogP contribution in [-0.4, -0.2) is 58.1 Å². The maximum atomic E-state index is 13.4. The molecule has 1 aromatic rings. The van der Waals surface area contributed by atoms with Gasteiger partial charge in [0.15, 0.2) is 0 Å². The minimum Gasteiger partial charge on any atom is -0.465 e. The van der Waals surface area contributed by atoms with Gasteiger partial charge in [-0.3, -0.25) is 14.5 Å². The average Bonchev–Trinajstić information content (AvgIpc) is 2.94. The Kier molecular flexibility index (Phi) is 3.12. The minimum absolute atomic E-state index is 0.000292. The van der Waals surface area contributed by atoms with Crippen molar-refractivity contribution in [3.63, 3.8) is 0 Å². The largest absolute Gasteiger partial charge is 0.465 e. The first kappa shape index (κ1) is 13.5. The SMILES string of the molecule is O=C1c2ccccc2C(=O)N1C[C@@H]1CC(F)CN1C(=O)O. The standard InChI is InChI=1S/C14H13FN2O4/c15-8-5-9(16(6-8)14(20)21)7-17-12(18)10-3-1-2-4-11(10)13(17)19/h1-4,8-9H,5-7H2,(H,20,21)/t8?,9-/m0/s1. The van der Waals surface area contributed by atoms with Crippen LogP contribution in [0.1, 0.15) is 27.1 Å². The Morgan fingerprint density at radius 3 is 2.33 bits per heavy atom. The van der Waals surface area contributed by atoms with E-state index in [4.69, 9.17) is 5.11 Å². The van der Waals surface area contributed by atoms with Gasteiger partial charge >= 0.3 is 6.09 Å². The third-order valence-corrected chi connectivity index (χ3v) is 3.88. The zero-order valence-corrected chi connectivity index (χ0v) is 11.0. The van der Waals surface area contributed by atoms with Crippen LogP contribution in [0.25, 0.3) is 0 Å². The van der Waals surface area contributed by atoms with Crippen LogP contribution in [0.4, 0.5) is 9.18 Å². The normalized spacial score (nSPS) is 24.6. The highest BCUT2D eigenvalue weighted by Gasteiger charge is 2.42. The molecule has 1 fully saturated rings. The van der Waals surface area contributed by atoms with Crippen molar-refractivity contribution >= 4 is 17.9 Å². The number of benzene rings is 1. The summed E-state index contributed by atoms with van der Waals surface area (Å²) in [6.07, 6.45) is -2.50. The number of rotatable bonds is 2. The lowest BCUT2D eigenvalue weighted by Gasteiger charge is -2.25. The number of halogens is 1. The number of fused-ring (bicyclic) bond motifs is 1. The Bertz CT molecular complexity index is 598. The Morgan fingerprint density at radius 1 is 1.24 bits per heavy atom. The minimum atomic E-state index is -1.26. The molecule has 110 valence electrons. The van der Waals surface area contributed by atoms with E-state index in [1.165, 1.54) is 0 Å². The van der Waals surface area contributed by atoms with Gasteiger partial charge in [-0.15, -0.1) is 0 Å². The number of imide groups is 1. The van der Waals surface area contributed by atoms with Gasteiger partial charge in [-0.2, -0.15) is 0 Å². The molecule has 1 N–H and O–H groups in total. The average molecular weight is 292 g/mol. The van der Waals surface area contributed by atoms with E-state index in [0.717, 1.165) is 9.80 Å². The number of hydrogen-bond acceptors (Lipinski definition) is 3. The molecule has 2 aliphatic heterocycles. The molecule has 3 rings (SSSR count). The van der Waals surface area contributed by atoms with Crippen LogP contribution in [0.3, 0.4) is 0 Å². The van der Waals surface area contributed by atoms with Crippen molar-refractivity contribution in [2.24, 2.45) is 0 Å². The maximum Gasteiger partial charge on any atom is 0.407 e. The van der Waals surface area contributed by atoms with E-state index in [-0.39, 0.29) is 19.5 Å². The lowest BCUT2D eigenvalue weighted by Crippen LogP contribution is -2.44. The second-order valence-corrected chi connectivity index (χ2v) is 5.19. The fraction of sp³-hybridized carbons (Fsp3) is 0.357. The molecule has 1 unspecified atom stereocenters. The molecule has 0 aliphatic carbocycles. The first-order valence-electron chi connectivity index (χ1n) is 6.58. The number of carboxylic acid groups (broad SMARTS) is 1. The van der Waals surface area contributed by atoms with Crippen molar-refractivity contribution in [3.05, 3.63) is 35.4 Å². The summed E-state index contributed by atoms with van der Waals surface area (Å²) in [6.45, 7) is -0.331. The van der Waals surface area contributed by atoms with E-state index in [2.05, 4.69) is 0 Å². The molecule has 0 bridgehead atoms. The van der Waals surface area contributed by atoms with Crippen molar-refractivity contribution in [1.29, 1.82) is 0 Å². The van der Waals surface area contributed by atoms with Crippen LogP contribution < -0.4 is 0 Å². The van der Waals surface area contributed by atoms with Gasteiger partial charge in [-0.05, 0) is 12.1 Å². The van der Waals surface area contributed by atoms with Crippen LogP contribution in [0, 0.1) is 0 Å². The molecule has 7 heteroatoms. The molecule has 0 saturated carbocycles. The van der Waals surface area contributed by atoms with Gasteiger partial charge in [0.05, 0.1) is 30.3 Å². The molecular formula is C14H13FN2O4. The smallest absolute Gasteiger partial charge is 0.407 e. The molecule has 1 aromatic carbocycles. The number of nitrogens with zero attached hydrogens (tertiary/aromatic N) is 2. The molecule has 3 amide bonds. The number of alkyl halides is 1. The second-order valence-electron chi connectivity index (χ2n) is 5.19. The van der Waals surface area contributed by atoms with Crippen molar-refractivity contribution in [2.75, 3.05) is 13.1 Å². The van der Waals surface area contributed by atoms with Crippen molar-refractivity contribution in [1.82, 2.24) is 9.80 Å². The fourth-order valence-electron chi connectivity index (χ4n) is 2.88. The number of carbonyl (C=O) groups is 3. The summed E-state index contributed by atoms with van der Waals surface area (Å²) < 4.78 is 13.4. The Morgan fingerprint density at radius 2 is 1.81 bits per heavy atom. The topological polar surface area (TPSA) is 77.9 Å². The van der Waals surface area contributed by atoms with E-state index >= 15 is 0 Å². The molecule has 6 nitrogen and oxygen atoms in total. The number of likely N-dealkylation sites (tertiary alicyclic amines) is 1. The first-order chi connectivity index (χ1) is 9.99. The summed E-state index contributed by atoms with van der Waals surface area (Å²) in [4.78, 5) is 37.4.